The Labute approximate surface area is 394 Å². The summed E-state index contributed by atoms with van der Waals surface area (Å²) >= 11 is 1.48. The zero-order chi connectivity index (χ0) is 47.5. The summed E-state index contributed by atoms with van der Waals surface area (Å²) in [4.78, 5) is 77.8. The van der Waals surface area contributed by atoms with Gasteiger partial charge in [0.25, 0.3) is 0 Å². The molecule has 18 nitrogen and oxygen atoms in total. The number of rotatable bonds is 11. The number of likely N-dealkylation sites (tertiary alicyclic amines) is 2. The monoisotopic (exact) mass is 945 g/mol. The van der Waals surface area contributed by atoms with Crippen LogP contribution in [0, 0.1) is 17.7 Å². The molecule has 68 heavy (non-hydrogen) atoms. The molecule has 8 heterocycles. The molecule has 7 aromatic rings. The molecule has 0 radical (unpaired) electrons. The number of carbonyl (C=O) groups excluding carboxylic acids is 4. The summed E-state index contributed by atoms with van der Waals surface area (Å²) in [6.45, 7) is 8.53. The molecule has 3 aliphatic rings. The number of benzene rings is 2. The van der Waals surface area contributed by atoms with Gasteiger partial charge in [-0.2, -0.15) is 0 Å². The minimum Gasteiger partial charge on any atom is -0.464 e. The van der Waals surface area contributed by atoms with Gasteiger partial charge in [0.2, 0.25) is 18.0 Å². The van der Waals surface area contributed by atoms with E-state index in [1.54, 1.807) is 28.4 Å². The highest BCUT2D eigenvalue weighted by molar-refractivity contribution is 7.17. The first-order chi connectivity index (χ1) is 32.8. The Bertz CT molecular complexity index is 3050. The van der Waals surface area contributed by atoms with Gasteiger partial charge >= 0.3 is 12.2 Å². The number of ether oxygens (including phenoxy) is 3. The van der Waals surface area contributed by atoms with Crippen LogP contribution in [0.15, 0.2) is 67.4 Å². The highest BCUT2D eigenvalue weighted by Crippen LogP contribution is 2.48. The van der Waals surface area contributed by atoms with E-state index in [4.69, 9.17) is 24.2 Å². The summed E-state index contributed by atoms with van der Waals surface area (Å²) in [7, 11) is 2.54. The van der Waals surface area contributed by atoms with E-state index >= 15 is 4.39 Å². The van der Waals surface area contributed by atoms with Gasteiger partial charge in [-0.05, 0) is 67.9 Å². The van der Waals surface area contributed by atoms with Crippen LogP contribution in [0.5, 0.6) is 5.75 Å². The predicted molar refractivity (Wildman–Crippen MR) is 250 cm³/mol. The fourth-order valence-corrected chi connectivity index (χ4v) is 10.8. The zero-order valence-corrected chi connectivity index (χ0v) is 39.2. The number of nitrogens with one attached hydrogen (secondary N) is 4. The third kappa shape index (κ3) is 7.88. The fourth-order valence-electron chi connectivity index (χ4n) is 9.84. The Kier molecular flexibility index (Phi) is 11.7. The summed E-state index contributed by atoms with van der Waals surface area (Å²) in [5.74, 6) is 0.327. The Balaban J connectivity index is 0.970. The summed E-state index contributed by atoms with van der Waals surface area (Å²) in [5.41, 5.74) is 4.45. The second-order valence-electron chi connectivity index (χ2n) is 18.2. The third-order valence-electron chi connectivity index (χ3n) is 13.3. The molecule has 354 valence electrons. The summed E-state index contributed by atoms with van der Waals surface area (Å²) < 4.78 is 37.3. The Morgan fingerprint density at radius 3 is 1.99 bits per heavy atom. The summed E-state index contributed by atoms with van der Waals surface area (Å²) in [6, 6.07) is 9.09. The van der Waals surface area contributed by atoms with Crippen LogP contribution < -0.4 is 15.4 Å². The molecule has 5 atom stereocenters. The molecule has 4 amide bonds. The number of aromatic nitrogens is 7. The van der Waals surface area contributed by atoms with E-state index in [2.05, 4.69) is 25.6 Å². The van der Waals surface area contributed by atoms with Gasteiger partial charge in [0.15, 0.2) is 4.96 Å². The molecule has 10 rings (SSSR count). The van der Waals surface area contributed by atoms with E-state index < -0.39 is 36.3 Å². The van der Waals surface area contributed by atoms with Gasteiger partial charge in [-0.15, -0.1) is 0 Å². The van der Waals surface area contributed by atoms with Crippen molar-refractivity contribution in [2.75, 3.05) is 27.3 Å². The lowest BCUT2D eigenvalue weighted by atomic mass is 10.0. The second kappa shape index (κ2) is 17.8. The largest absolute Gasteiger partial charge is 0.464 e. The topological polar surface area (TPSA) is 206 Å². The van der Waals surface area contributed by atoms with Crippen molar-refractivity contribution in [2.45, 2.75) is 83.8 Å². The number of fused-ring (bicyclic) bond motifs is 6. The quantitative estimate of drug-likeness (QED) is 0.0984. The molecule has 2 saturated heterocycles. The van der Waals surface area contributed by atoms with Gasteiger partial charge in [0.1, 0.15) is 35.3 Å². The second-order valence-corrected chi connectivity index (χ2v) is 19.2. The van der Waals surface area contributed by atoms with Crippen LogP contribution in [0.3, 0.4) is 0 Å². The van der Waals surface area contributed by atoms with Gasteiger partial charge in [-0.25, -0.2) is 28.9 Å². The lowest BCUT2D eigenvalue weighted by Gasteiger charge is -2.30. The highest BCUT2D eigenvalue weighted by Gasteiger charge is 2.40. The van der Waals surface area contributed by atoms with Crippen LogP contribution in [-0.4, -0.2) is 107 Å². The maximum atomic E-state index is 16.9. The zero-order valence-electron chi connectivity index (χ0n) is 38.4. The Morgan fingerprint density at radius 2 is 1.41 bits per heavy atom. The molecule has 5 aromatic heterocycles. The van der Waals surface area contributed by atoms with E-state index in [1.807, 2.05) is 79.4 Å². The van der Waals surface area contributed by atoms with Crippen LogP contribution >= 0.6 is 11.3 Å². The van der Waals surface area contributed by atoms with Crippen LogP contribution in [-0.2, 0) is 19.1 Å². The number of H-pyrrole nitrogens is 2. The molecule has 2 fully saturated rings. The Morgan fingerprint density at radius 1 is 0.809 bits per heavy atom. The van der Waals surface area contributed by atoms with Gasteiger partial charge in [0.05, 0.1) is 71.7 Å². The molecule has 3 aliphatic heterocycles. The molecular formula is C48H52FN11O7S. The van der Waals surface area contributed by atoms with Crippen molar-refractivity contribution in [3.8, 4) is 39.5 Å². The van der Waals surface area contributed by atoms with Crippen LogP contribution in [0.1, 0.15) is 88.2 Å². The minimum atomic E-state index is -0.778. The molecule has 2 aromatic carbocycles. The smallest absolute Gasteiger partial charge is 0.407 e. The lowest BCUT2D eigenvalue weighted by Crippen LogP contribution is -2.51. The van der Waals surface area contributed by atoms with Crippen LogP contribution in [0.2, 0.25) is 0 Å². The van der Waals surface area contributed by atoms with Crippen molar-refractivity contribution in [2.24, 2.45) is 11.8 Å². The number of alkyl carbamates (subject to hydrolysis) is 2. The first-order valence-electron chi connectivity index (χ1n) is 22.8. The number of hydrogen-bond acceptors (Lipinski definition) is 11. The normalized spacial score (nSPS) is 18.8. The van der Waals surface area contributed by atoms with Gasteiger partial charge < -0.3 is 44.6 Å². The molecule has 0 bridgehead atoms. The lowest BCUT2D eigenvalue weighted by molar-refractivity contribution is -0.136. The maximum absolute atomic E-state index is 16.9. The summed E-state index contributed by atoms with van der Waals surface area (Å²) in [5, 5.41) is 6.23. The number of imidazole rings is 3. The van der Waals surface area contributed by atoms with Crippen LogP contribution in [0.25, 0.3) is 49.6 Å². The van der Waals surface area contributed by atoms with Crippen molar-refractivity contribution in [1.82, 2.24) is 54.3 Å². The molecule has 1 unspecified atom stereocenters. The standard InChI is InChI=1S/C48H52FN11O7S/c1-24(2)39(55-47(63)65-5)43(61)58-14-7-9-33(58)41-51-21-30(53-41)26-11-12-32-28(17-26)19-35-38-29(49)18-27(20-36(38)67-45(60(32)35)37-23-57-16-13-50-46(57)68-37)31-22-52-42(54-31)34-10-8-15-59(34)44(62)40(25(3)4)56-48(64)66-6/h11-13,16-25,33-34,39-40,45H,7-10,14-15H2,1-6H3,(H,51,53)(H,52,54)(H,55,63)(H,56,64)/t33-,34-,39-,40-,45?/m0/s1. The molecule has 4 N–H and O–H groups in total. The number of amides is 4. The van der Waals surface area contributed by atoms with E-state index in [0.29, 0.717) is 65.8 Å². The third-order valence-corrected chi connectivity index (χ3v) is 14.3. The van der Waals surface area contributed by atoms with Crippen molar-refractivity contribution >= 4 is 51.2 Å². The predicted octanol–water partition coefficient (Wildman–Crippen LogP) is 7.96. The number of hydrogen-bond donors (Lipinski definition) is 4. The van der Waals surface area contributed by atoms with Crippen molar-refractivity contribution < 1.29 is 37.8 Å². The van der Waals surface area contributed by atoms with Crippen molar-refractivity contribution in [3.05, 3.63) is 89.7 Å². The average Bonchev–Trinajstić information content (AvgIpc) is 4.18. The molecule has 0 saturated carbocycles. The number of methoxy groups -OCH3 is 2. The van der Waals surface area contributed by atoms with Crippen molar-refractivity contribution in [3.63, 3.8) is 0 Å². The number of thiazole rings is 1. The van der Waals surface area contributed by atoms with Gasteiger partial charge in [-0.3, -0.25) is 18.6 Å². The molecular weight excluding hydrogens is 894 g/mol. The Hall–Kier alpha value is -7.22. The first kappa shape index (κ1) is 44.6. The SMILES string of the molecule is COC(=O)N[C@H](C(=O)N1CCC[C@H]1c1ncc(-c2cc(F)c3c(c2)OC(c2cn4ccnc4s2)n2c-3cc3cc(-c4cnc([C@@H]5CCCN5C(=O)[C@@H](NC(=O)OC)C(C)C)[nH]4)ccc32)[nH]1)C(C)C. The van der Waals surface area contributed by atoms with E-state index in [9.17, 15) is 19.2 Å². The van der Waals surface area contributed by atoms with E-state index in [0.717, 1.165) is 44.8 Å². The molecule has 0 aliphatic carbocycles. The minimum absolute atomic E-state index is 0.157. The number of carbonyl (C=O) groups is 4. The highest BCUT2D eigenvalue weighted by atomic mass is 32.1. The van der Waals surface area contributed by atoms with E-state index in [-0.39, 0.29) is 35.7 Å². The first-order valence-corrected chi connectivity index (χ1v) is 23.6. The molecule has 20 heteroatoms. The number of aromatic amines is 2. The summed E-state index contributed by atoms with van der Waals surface area (Å²) in [6.07, 6.45) is 9.92. The number of halogens is 1. The van der Waals surface area contributed by atoms with Gasteiger partial charge in [0, 0.05) is 48.2 Å². The number of nitrogens with zero attached hydrogens (tertiary/aromatic N) is 7. The average molecular weight is 946 g/mol. The van der Waals surface area contributed by atoms with Crippen molar-refractivity contribution in [1.29, 1.82) is 0 Å². The van der Waals surface area contributed by atoms with Gasteiger partial charge in [-0.1, -0.05) is 45.1 Å². The fraction of sp³-hybridized carbons (Fsp3) is 0.396. The maximum Gasteiger partial charge on any atom is 0.407 e. The van der Waals surface area contributed by atoms with E-state index in [1.165, 1.54) is 31.6 Å². The molecule has 0 spiro atoms. The van der Waals surface area contributed by atoms with Crippen LogP contribution in [0.4, 0.5) is 14.0 Å².